The number of benzene rings is 2. The minimum Gasteiger partial charge on any atom is -0.492 e. The van der Waals surface area contributed by atoms with Crippen LogP contribution in [0.15, 0.2) is 24.3 Å². The highest BCUT2D eigenvalue weighted by Gasteiger charge is 2.19. The van der Waals surface area contributed by atoms with Gasteiger partial charge in [0.25, 0.3) is 0 Å². The van der Waals surface area contributed by atoms with Gasteiger partial charge in [-0.15, -0.1) is 0 Å². The van der Waals surface area contributed by atoms with Gasteiger partial charge in [-0.05, 0) is 12.1 Å². The average molecular weight is 449 g/mol. The number of halogens is 4. The van der Waals surface area contributed by atoms with E-state index >= 15 is 0 Å². The van der Waals surface area contributed by atoms with Gasteiger partial charge in [0.2, 0.25) is 6.41 Å². The Morgan fingerprint density at radius 1 is 0.966 bits per heavy atom. The van der Waals surface area contributed by atoms with Crippen molar-refractivity contribution in [1.82, 2.24) is 10.4 Å². The summed E-state index contributed by atoms with van der Waals surface area (Å²) in [4.78, 5) is 17.0. The van der Waals surface area contributed by atoms with E-state index < -0.39 is 11.6 Å². The molecule has 2 aromatic carbocycles. The number of nitrogens with one attached hydrogen (secondary N) is 1. The van der Waals surface area contributed by atoms with Gasteiger partial charge >= 0.3 is 0 Å². The number of carbonyl (C=O) groups excluding carboxylic acids is 1. The van der Waals surface area contributed by atoms with E-state index in [2.05, 4.69) is 5.48 Å². The van der Waals surface area contributed by atoms with Gasteiger partial charge in [0.15, 0.2) is 23.1 Å². The predicted octanol–water partition coefficient (Wildman–Crippen LogP) is 3.97. The second kappa shape index (κ2) is 11.2. The molecule has 158 valence electrons. The van der Waals surface area contributed by atoms with Crippen LogP contribution < -0.4 is 15.0 Å². The first-order valence-corrected chi connectivity index (χ1v) is 9.23. The summed E-state index contributed by atoms with van der Waals surface area (Å²) >= 11 is 11.9. The average Bonchev–Trinajstić information content (AvgIpc) is 2.70. The highest BCUT2D eigenvalue weighted by molar-refractivity contribution is 6.32. The van der Waals surface area contributed by atoms with Crippen molar-refractivity contribution in [3.8, 4) is 11.5 Å². The summed E-state index contributed by atoms with van der Waals surface area (Å²) in [5.74, 6) is -1.35. The second-order valence-corrected chi connectivity index (χ2v) is 6.72. The molecule has 0 radical (unpaired) electrons. The molecule has 0 saturated heterocycles. The Bertz CT molecular complexity index is 794. The van der Waals surface area contributed by atoms with Gasteiger partial charge in [-0.2, -0.15) is 0 Å². The first-order chi connectivity index (χ1) is 13.9. The summed E-state index contributed by atoms with van der Waals surface area (Å²) in [6, 6.07) is 6.09. The van der Waals surface area contributed by atoms with Crippen LogP contribution >= 0.6 is 23.2 Å². The number of ether oxygens (including phenoxy) is 2. The fourth-order valence-electron chi connectivity index (χ4n) is 2.73. The standard InChI is InChI=1S/C19H20Cl2F2N2O4/c1-27-18-14(20)5-3-12(16(18)22)9-25(7-8-29-24-11-26)10-13-4-6-15(21)19(28-2)17(13)23/h3-6,11H,7-10H2,1-2H3,(H,24,26). The van der Waals surface area contributed by atoms with E-state index in [0.717, 1.165) is 0 Å². The van der Waals surface area contributed by atoms with Crippen LogP contribution in [0.1, 0.15) is 11.1 Å². The molecule has 29 heavy (non-hydrogen) atoms. The third-order valence-electron chi connectivity index (χ3n) is 4.10. The van der Waals surface area contributed by atoms with E-state index in [9.17, 15) is 13.6 Å². The summed E-state index contributed by atoms with van der Waals surface area (Å²) in [6.45, 7) is 0.565. The molecule has 6 nitrogen and oxygen atoms in total. The second-order valence-electron chi connectivity index (χ2n) is 5.90. The molecule has 1 amide bonds. The lowest BCUT2D eigenvalue weighted by Gasteiger charge is -2.23. The van der Waals surface area contributed by atoms with Crippen molar-refractivity contribution in [3.63, 3.8) is 0 Å². The number of hydrogen-bond acceptors (Lipinski definition) is 5. The number of rotatable bonds is 11. The molecule has 0 aliphatic carbocycles. The van der Waals surface area contributed by atoms with Crippen molar-refractivity contribution in [3.05, 3.63) is 57.1 Å². The molecule has 0 bridgehead atoms. The first-order valence-electron chi connectivity index (χ1n) is 8.48. The highest BCUT2D eigenvalue weighted by atomic mass is 35.5. The third kappa shape index (κ3) is 5.93. The zero-order chi connectivity index (χ0) is 21.4. The Balaban J connectivity index is 2.27. The summed E-state index contributed by atoms with van der Waals surface area (Å²) in [5.41, 5.74) is 2.68. The molecule has 2 rings (SSSR count). The highest BCUT2D eigenvalue weighted by Crippen LogP contribution is 2.32. The number of hydrogen-bond donors (Lipinski definition) is 1. The van der Waals surface area contributed by atoms with E-state index in [-0.39, 0.29) is 47.8 Å². The topological polar surface area (TPSA) is 60.0 Å². The lowest BCUT2D eigenvalue weighted by molar-refractivity contribution is -0.121. The minimum absolute atomic E-state index is 0.0673. The van der Waals surface area contributed by atoms with Gasteiger partial charge in [0.1, 0.15) is 0 Å². The molecule has 2 aromatic rings. The van der Waals surface area contributed by atoms with Crippen LogP contribution in [0.4, 0.5) is 8.78 Å². The van der Waals surface area contributed by atoms with Crippen LogP contribution in [0, 0.1) is 11.6 Å². The normalized spacial score (nSPS) is 10.9. The molecule has 1 N–H and O–H groups in total. The van der Waals surface area contributed by atoms with Crippen LogP contribution in [0.5, 0.6) is 11.5 Å². The molecule has 0 heterocycles. The predicted molar refractivity (Wildman–Crippen MR) is 105 cm³/mol. The van der Waals surface area contributed by atoms with E-state index in [1.807, 2.05) is 0 Å². The zero-order valence-corrected chi connectivity index (χ0v) is 17.3. The fraction of sp³-hybridized carbons (Fsp3) is 0.316. The lowest BCUT2D eigenvalue weighted by Crippen LogP contribution is -2.29. The third-order valence-corrected chi connectivity index (χ3v) is 4.69. The van der Waals surface area contributed by atoms with Crippen LogP contribution in [0.25, 0.3) is 0 Å². The van der Waals surface area contributed by atoms with Crippen molar-refractivity contribution in [2.75, 3.05) is 27.4 Å². The van der Waals surface area contributed by atoms with Crippen LogP contribution in [0.3, 0.4) is 0 Å². The number of nitrogens with zero attached hydrogens (tertiary/aromatic N) is 1. The quantitative estimate of drug-likeness (QED) is 0.320. The van der Waals surface area contributed by atoms with Crippen molar-refractivity contribution in [2.45, 2.75) is 13.1 Å². The van der Waals surface area contributed by atoms with Gasteiger partial charge in [0.05, 0.1) is 30.9 Å². The summed E-state index contributed by atoms with van der Waals surface area (Å²) in [7, 11) is 2.64. The lowest BCUT2D eigenvalue weighted by atomic mass is 10.1. The molecule has 0 spiro atoms. The molecule has 0 saturated carbocycles. The molecule has 0 aliphatic heterocycles. The molecule has 10 heteroatoms. The maximum atomic E-state index is 14.7. The Hall–Kier alpha value is -2.13. The van der Waals surface area contributed by atoms with Crippen molar-refractivity contribution >= 4 is 29.6 Å². The first kappa shape index (κ1) is 23.2. The van der Waals surface area contributed by atoms with E-state index in [1.54, 1.807) is 4.90 Å². The van der Waals surface area contributed by atoms with Crippen molar-refractivity contribution in [1.29, 1.82) is 0 Å². The largest absolute Gasteiger partial charge is 0.492 e. The number of methoxy groups -OCH3 is 2. The van der Waals surface area contributed by atoms with E-state index in [4.69, 9.17) is 37.5 Å². The Labute approximate surface area is 177 Å². The van der Waals surface area contributed by atoms with Crippen molar-refractivity contribution < 1.29 is 27.9 Å². The summed E-state index contributed by atoms with van der Waals surface area (Å²) < 4.78 is 39.4. The molecule has 0 aromatic heterocycles. The van der Waals surface area contributed by atoms with Crippen molar-refractivity contribution in [2.24, 2.45) is 0 Å². The Morgan fingerprint density at radius 3 is 1.86 bits per heavy atom. The maximum absolute atomic E-state index is 14.7. The van der Waals surface area contributed by atoms with Gasteiger partial charge in [-0.3, -0.25) is 14.5 Å². The van der Waals surface area contributed by atoms with Gasteiger partial charge in [0, 0.05) is 30.8 Å². The summed E-state index contributed by atoms with van der Waals surface area (Å²) in [5, 5.41) is 0.291. The van der Waals surface area contributed by atoms with Crippen LogP contribution in [0.2, 0.25) is 10.0 Å². The molecule has 0 unspecified atom stereocenters. The fourth-order valence-corrected chi connectivity index (χ4v) is 3.17. The van der Waals surface area contributed by atoms with Crippen LogP contribution in [-0.4, -0.2) is 38.7 Å². The number of hydroxylamine groups is 1. The number of carbonyl (C=O) groups is 1. The van der Waals surface area contributed by atoms with Crippen LogP contribution in [-0.2, 0) is 22.7 Å². The smallest absolute Gasteiger partial charge is 0.230 e. The maximum Gasteiger partial charge on any atom is 0.230 e. The molecule has 0 atom stereocenters. The van der Waals surface area contributed by atoms with E-state index in [0.29, 0.717) is 17.5 Å². The van der Waals surface area contributed by atoms with Gasteiger partial charge in [-0.1, -0.05) is 35.3 Å². The number of amides is 1. The van der Waals surface area contributed by atoms with E-state index in [1.165, 1.54) is 38.5 Å². The van der Waals surface area contributed by atoms with Gasteiger partial charge in [-0.25, -0.2) is 14.3 Å². The molecular weight excluding hydrogens is 429 g/mol. The molecule has 0 aliphatic rings. The summed E-state index contributed by atoms with van der Waals surface area (Å²) in [6.07, 6.45) is 0.387. The SMILES string of the molecule is COc1c(Cl)ccc(CN(CCONC=O)Cc2ccc(Cl)c(OC)c2F)c1F. The molecular formula is C19H20Cl2F2N2O4. The van der Waals surface area contributed by atoms with Gasteiger partial charge < -0.3 is 9.47 Å². The molecule has 0 fully saturated rings. The Kier molecular flexibility index (Phi) is 8.91. The Morgan fingerprint density at radius 2 is 1.45 bits per heavy atom. The monoisotopic (exact) mass is 448 g/mol. The minimum atomic E-state index is -0.605. The zero-order valence-electron chi connectivity index (χ0n) is 15.8.